The van der Waals surface area contributed by atoms with E-state index in [-0.39, 0.29) is 12.3 Å². The van der Waals surface area contributed by atoms with E-state index in [1.165, 1.54) is 5.56 Å². The van der Waals surface area contributed by atoms with E-state index in [9.17, 15) is 0 Å². The van der Waals surface area contributed by atoms with Gasteiger partial charge in [0.15, 0.2) is 6.29 Å². The van der Waals surface area contributed by atoms with Crippen LogP contribution in [0.2, 0.25) is 0 Å². The molecule has 0 aliphatic rings. The second-order valence-corrected chi connectivity index (χ2v) is 6.49. The summed E-state index contributed by atoms with van der Waals surface area (Å²) in [5, 5.41) is 2.15. The lowest BCUT2D eigenvalue weighted by atomic mass is 10.1. The van der Waals surface area contributed by atoms with Gasteiger partial charge in [-0.05, 0) is 40.0 Å². The summed E-state index contributed by atoms with van der Waals surface area (Å²) in [5.74, 6) is 0. The number of rotatable bonds is 8. The van der Waals surface area contributed by atoms with Crippen LogP contribution in [0.25, 0.3) is 0 Å². The fraction of sp³-hybridized carbons (Fsp3) is 0.667. The Bertz CT molecular complexity index is 345. The Balaban J connectivity index is 2.53. The Morgan fingerprint density at radius 3 is 2.56 bits per heavy atom. The molecule has 1 unspecified atom stereocenters. The predicted octanol–water partition coefficient (Wildman–Crippen LogP) is 2.28. The van der Waals surface area contributed by atoms with Gasteiger partial charge in [0.25, 0.3) is 0 Å². The van der Waals surface area contributed by atoms with Crippen molar-refractivity contribution in [1.29, 1.82) is 0 Å². The molecule has 0 amide bonds. The van der Waals surface area contributed by atoms with Crippen LogP contribution in [0.5, 0.6) is 0 Å². The molecule has 0 saturated carbocycles. The first kappa shape index (κ1) is 16.1. The lowest BCUT2D eigenvalue weighted by molar-refractivity contribution is -0.116. The third-order valence-electron chi connectivity index (χ3n) is 2.94. The minimum Gasteiger partial charge on any atom is -0.356 e. The highest BCUT2D eigenvalue weighted by atomic mass is 79.9. The highest BCUT2D eigenvalue weighted by molar-refractivity contribution is 9.11. The number of hydrogen-bond acceptors (Lipinski definition) is 5. The predicted molar refractivity (Wildman–Crippen MR) is 78.8 cm³/mol. The molecule has 0 spiro atoms. The Hall–Kier alpha value is 0.0200. The van der Waals surface area contributed by atoms with Crippen LogP contribution in [0.4, 0.5) is 0 Å². The van der Waals surface area contributed by atoms with Gasteiger partial charge < -0.3 is 15.2 Å². The van der Waals surface area contributed by atoms with E-state index in [4.69, 9.17) is 15.2 Å². The van der Waals surface area contributed by atoms with Crippen LogP contribution in [-0.4, -0.2) is 45.0 Å². The minimum atomic E-state index is -0.199. The molecule has 0 bridgehead atoms. The fourth-order valence-corrected chi connectivity index (χ4v) is 3.01. The van der Waals surface area contributed by atoms with Crippen molar-refractivity contribution >= 4 is 27.3 Å². The number of likely N-dealkylation sites (N-methyl/N-ethyl adjacent to an activating group) is 1. The summed E-state index contributed by atoms with van der Waals surface area (Å²) >= 11 is 5.17. The number of thiophene rings is 1. The molecule has 1 aromatic heterocycles. The van der Waals surface area contributed by atoms with Crippen LogP contribution in [0, 0.1) is 0 Å². The van der Waals surface area contributed by atoms with Crippen LogP contribution in [0.3, 0.4) is 0 Å². The Labute approximate surface area is 121 Å². The number of nitrogens with zero attached hydrogens (tertiary/aromatic N) is 1. The summed E-state index contributed by atoms with van der Waals surface area (Å²) in [7, 11) is 5.38. The maximum atomic E-state index is 5.83. The number of nitrogens with two attached hydrogens (primary N) is 1. The lowest BCUT2D eigenvalue weighted by Crippen LogP contribution is -2.40. The van der Waals surface area contributed by atoms with E-state index in [1.54, 1.807) is 25.6 Å². The average Bonchev–Trinajstić information content (AvgIpc) is 2.76. The largest absolute Gasteiger partial charge is 0.356 e. The molecule has 6 heteroatoms. The second kappa shape index (κ2) is 8.24. The zero-order valence-electron chi connectivity index (χ0n) is 11.1. The zero-order valence-corrected chi connectivity index (χ0v) is 13.5. The summed E-state index contributed by atoms with van der Waals surface area (Å²) in [5.41, 5.74) is 7.12. The van der Waals surface area contributed by atoms with Crippen molar-refractivity contribution in [1.82, 2.24) is 4.90 Å². The molecule has 0 aliphatic heterocycles. The summed E-state index contributed by atoms with van der Waals surface area (Å²) in [6.07, 6.45) is 0.570. The minimum absolute atomic E-state index is 0.199. The fourth-order valence-electron chi connectivity index (χ4n) is 1.81. The number of hydrogen-bond donors (Lipinski definition) is 1. The van der Waals surface area contributed by atoms with Gasteiger partial charge >= 0.3 is 0 Å². The highest BCUT2D eigenvalue weighted by Crippen LogP contribution is 2.22. The molecule has 1 aromatic rings. The van der Waals surface area contributed by atoms with Crippen molar-refractivity contribution in [3.63, 3.8) is 0 Å². The van der Waals surface area contributed by atoms with Crippen molar-refractivity contribution in [2.24, 2.45) is 5.73 Å². The quantitative estimate of drug-likeness (QED) is 0.740. The molecule has 1 heterocycles. The third kappa shape index (κ3) is 4.95. The molecular formula is C12H21BrN2O2S. The number of ether oxygens (including phenoxy) is 2. The smallest absolute Gasteiger partial charge is 0.158 e. The maximum absolute atomic E-state index is 5.83. The van der Waals surface area contributed by atoms with Gasteiger partial charge in [0.1, 0.15) is 0 Å². The zero-order chi connectivity index (χ0) is 13.5. The molecule has 1 rings (SSSR count). The van der Waals surface area contributed by atoms with E-state index in [2.05, 4.69) is 39.3 Å². The summed E-state index contributed by atoms with van der Waals surface area (Å²) < 4.78 is 11.6. The molecule has 0 radical (unpaired) electrons. The van der Waals surface area contributed by atoms with Gasteiger partial charge in [-0.3, -0.25) is 4.90 Å². The van der Waals surface area contributed by atoms with E-state index < -0.39 is 0 Å². The van der Waals surface area contributed by atoms with Crippen LogP contribution in [0.15, 0.2) is 15.2 Å². The van der Waals surface area contributed by atoms with Crippen molar-refractivity contribution in [2.45, 2.75) is 25.3 Å². The van der Waals surface area contributed by atoms with E-state index >= 15 is 0 Å². The van der Waals surface area contributed by atoms with Crippen LogP contribution in [0.1, 0.15) is 12.0 Å². The first-order valence-electron chi connectivity index (χ1n) is 5.79. The molecule has 104 valence electrons. The topological polar surface area (TPSA) is 47.7 Å². The van der Waals surface area contributed by atoms with E-state index in [0.717, 1.165) is 16.8 Å². The molecule has 4 nitrogen and oxygen atoms in total. The molecule has 18 heavy (non-hydrogen) atoms. The normalized spacial score (nSPS) is 13.5. The average molecular weight is 337 g/mol. The molecule has 0 aromatic carbocycles. The first-order valence-corrected chi connectivity index (χ1v) is 7.46. The van der Waals surface area contributed by atoms with Gasteiger partial charge in [0, 0.05) is 39.8 Å². The van der Waals surface area contributed by atoms with Crippen molar-refractivity contribution < 1.29 is 9.47 Å². The summed E-state index contributed by atoms with van der Waals surface area (Å²) in [6, 6.07) is 2.38. The van der Waals surface area contributed by atoms with Crippen molar-refractivity contribution in [3.05, 3.63) is 20.8 Å². The maximum Gasteiger partial charge on any atom is 0.158 e. The highest BCUT2D eigenvalue weighted by Gasteiger charge is 2.19. The van der Waals surface area contributed by atoms with Crippen LogP contribution >= 0.6 is 27.3 Å². The van der Waals surface area contributed by atoms with Gasteiger partial charge in [0.05, 0.1) is 3.79 Å². The Morgan fingerprint density at radius 1 is 1.44 bits per heavy atom. The van der Waals surface area contributed by atoms with Gasteiger partial charge in [-0.15, -0.1) is 11.3 Å². The summed E-state index contributed by atoms with van der Waals surface area (Å²) in [4.78, 5) is 2.24. The van der Waals surface area contributed by atoms with Crippen LogP contribution in [-0.2, 0) is 16.0 Å². The van der Waals surface area contributed by atoms with Gasteiger partial charge in [-0.1, -0.05) is 0 Å². The lowest BCUT2D eigenvalue weighted by Gasteiger charge is -2.29. The molecular weight excluding hydrogens is 316 g/mol. The summed E-state index contributed by atoms with van der Waals surface area (Å²) in [6.45, 7) is 1.47. The Kier molecular flexibility index (Phi) is 7.36. The Morgan fingerprint density at radius 2 is 2.11 bits per heavy atom. The van der Waals surface area contributed by atoms with Gasteiger partial charge in [-0.2, -0.15) is 0 Å². The third-order valence-corrected chi connectivity index (χ3v) is 4.49. The monoisotopic (exact) mass is 336 g/mol. The molecule has 1 atom stereocenters. The number of methoxy groups -OCH3 is 2. The first-order chi connectivity index (χ1) is 8.60. The van der Waals surface area contributed by atoms with E-state index in [0.29, 0.717) is 6.54 Å². The standard InChI is InChI=1S/C12H21BrN2O2S/c1-15(7-9-4-11(13)18-8-9)10(6-14)5-12(16-2)17-3/h4,8,10,12H,5-7,14H2,1-3H3. The second-order valence-electron chi connectivity index (χ2n) is 4.20. The SMILES string of the molecule is COC(CC(CN)N(C)Cc1csc(Br)c1)OC. The van der Waals surface area contributed by atoms with Gasteiger partial charge in [-0.25, -0.2) is 0 Å². The molecule has 0 aliphatic carbocycles. The molecule has 0 saturated heterocycles. The van der Waals surface area contributed by atoms with E-state index in [1.807, 2.05) is 0 Å². The van der Waals surface area contributed by atoms with Crippen molar-refractivity contribution in [3.8, 4) is 0 Å². The number of halogens is 1. The van der Waals surface area contributed by atoms with Gasteiger partial charge in [0.2, 0.25) is 0 Å². The molecule has 2 N–H and O–H groups in total. The molecule has 0 fully saturated rings. The van der Waals surface area contributed by atoms with Crippen LogP contribution < -0.4 is 5.73 Å². The van der Waals surface area contributed by atoms with Crippen molar-refractivity contribution in [2.75, 3.05) is 27.8 Å².